The first-order valence-electron chi connectivity index (χ1n) is 15.5. The summed E-state index contributed by atoms with van der Waals surface area (Å²) in [5.41, 5.74) is 3.26. The summed E-state index contributed by atoms with van der Waals surface area (Å²) in [4.78, 5) is 29.1. The molecule has 1 aliphatic rings. The smallest absolute Gasteiger partial charge is 0.335 e. The van der Waals surface area contributed by atoms with Crippen LogP contribution in [-0.4, -0.2) is 58.2 Å². The van der Waals surface area contributed by atoms with Crippen molar-refractivity contribution >= 4 is 21.9 Å². The second-order valence-electron chi connectivity index (χ2n) is 12.5. The lowest BCUT2D eigenvalue weighted by Gasteiger charge is -2.22. The summed E-state index contributed by atoms with van der Waals surface area (Å²) in [7, 11) is -4.23. The number of aryl methyl sites for hydroxylation is 2. The Kier molecular flexibility index (Phi) is 10.1. The zero-order valence-corrected chi connectivity index (χ0v) is 28.0. The zero-order chi connectivity index (χ0) is 33.8. The number of hydrogen-bond acceptors (Lipinski definition) is 10. The minimum atomic E-state index is -4.23. The molecular weight excluding hydrogens is 620 g/mol. The number of ether oxygens (including phenoxy) is 2. The van der Waals surface area contributed by atoms with Gasteiger partial charge in [0, 0.05) is 17.7 Å². The van der Waals surface area contributed by atoms with E-state index in [-0.39, 0.29) is 46.5 Å². The van der Waals surface area contributed by atoms with Crippen molar-refractivity contribution in [1.82, 2.24) is 25.3 Å². The molecule has 5 rings (SSSR count). The summed E-state index contributed by atoms with van der Waals surface area (Å²) in [6.07, 6.45) is 6.46. The average molecular weight is 661 g/mol. The van der Waals surface area contributed by atoms with Gasteiger partial charge in [-0.15, -0.1) is 0 Å². The number of aromatic nitrogens is 4. The van der Waals surface area contributed by atoms with Gasteiger partial charge in [-0.3, -0.25) is 0 Å². The Balaban J connectivity index is 1.40. The number of hydrogen-bond donors (Lipinski definition) is 3. The number of sulfonamides is 1. The molecule has 0 spiro atoms. The highest BCUT2D eigenvalue weighted by Crippen LogP contribution is 2.49. The molecule has 2 aromatic heterocycles. The molecular formula is C34H40N6O6S. The van der Waals surface area contributed by atoms with E-state index < -0.39 is 16.0 Å². The molecule has 0 amide bonds. The van der Waals surface area contributed by atoms with Gasteiger partial charge in [0.05, 0.1) is 41.2 Å². The number of aromatic carboxylic acids is 1. The standard InChI is InChI=1S/C34H40N6O6S/c1-21(2)46-26-17-36-29(37-18-26)19-35-25(16-34(5)12-13-34)20-45-30-15-28(31-22(3)8-6-9-23(31)4)38-33(39-30)40-47(43,44)27-11-7-10-24(14-27)32(41)42/h6-11,14-15,17-18,21,25,35H,12-13,16,19-20H2,1-5H3,(H,41,42)(H,38,39,40)/t25-/m1/s1. The van der Waals surface area contributed by atoms with Crippen molar-refractivity contribution in [2.75, 3.05) is 11.3 Å². The maximum absolute atomic E-state index is 13.3. The third-order valence-corrected chi connectivity index (χ3v) is 9.26. The van der Waals surface area contributed by atoms with Crippen molar-refractivity contribution in [1.29, 1.82) is 0 Å². The molecule has 12 nitrogen and oxygen atoms in total. The van der Waals surface area contributed by atoms with Gasteiger partial charge in [0.15, 0.2) is 5.75 Å². The number of nitrogens with one attached hydrogen (secondary N) is 2. The maximum Gasteiger partial charge on any atom is 0.335 e. The summed E-state index contributed by atoms with van der Waals surface area (Å²) >= 11 is 0. The number of carbonyl (C=O) groups is 1. The number of rotatable bonds is 15. The molecule has 1 aliphatic carbocycles. The van der Waals surface area contributed by atoms with Gasteiger partial charge in [0.25, 0.3) is 10.0 Å². The molecule has 0 aliphatic heterocycles. The summed E-state index contributed by atoms with van der Waals surface area (Å²) in [6.45, 7) is 10.7. The summed E-state index contributed by atoms with van der Waals surface area (Å²) < 4.78 is 41.0. The molecule has 0 radical (unpaired) electrons. The van der Waals surface area contributed by atoms with E-state index in [4.69, 9.17) is 9.47 Å². The van der Waals surface area contributed by atoms with E-state index in [1.807, 2.05) is 45.9 Å². The molecule has 3 N–H and O–H groups in total. The van der Waals surface area contributed by atoms with Gasteiger partial charge >= 0.3 is 5.97 Å². The third-order valence-electron chi connectivity index (χ3n) is 7.93. The van der Waals surface area contributed by atoms with Gasteiger partial charge in [-0.1, -0.05) is 31.2 Å². The van der Waals surface area contributed by atoms with Crippen molar-refractivity contribution in [3.63, 3.8) is 0 Å². The predicted octanol–water partition coefficient (Wildman–Crippen LogP) is 5.56. The highest BCUT2D eigenvalue weighted by molar-refractivity contribution is 7.92. The molecule has 4 aromatic rings. The Hall–Kier alpha value is -4.62. The van der Waals surface area contributed by atoms with Gasteiger partial charge in [0.1, 0.15) is 12.4 Å². The maximum atomic E-state index is 13.3. The van der Waals surface area contributed by atoms with Gasteiger partial charge < -0.3 is 19.9 Å². The third kappa shape index (κ3) is 9.01. The Labute approximate surface area is 275 Å². The Morgan fingerprint density at radius 3 is 2.34 bits per heavy atom. The van der Waals surface area contributed by atoms with Crippen LogP contribution in [0.4, 0.5) is 5.95 Å². The highest BCUT2D eigenvalue weighted by Gasteiger charge is 2.39. The summed E-state index contributed by atoms with van der Waals surface area (Å²) in [5, 5.41) is 12.9. The van der Waals surface area contributed by atoms with E-state index in [1.54, 1.807) is 18.5 Å². The molecule has 0 unspecified atom stereocenters. The number of nitrogens with zero attached hydrogens (tertiary/aromatic N) is 4. The molecule has 0 bridgehead atoms. The van der Waals surface area contributed by atoms with Crippen LogP contribution in [0.2, 0.25) is 0 Å². The van der Waals surface area contributed by atoms with Crippen LogP contribution in [0.15, 0.2) is 65.8 Å². The van der Waals surface area contributed by atoms with E-state index in [1.165, 1.54) is 18.2 Å². The molecule has 2 aromatic carbocycles. The minimum Gasteiger partial charge on any atom is -0.488 e. The van der Waals surface area contributed by atoms with E-state index >= 15 is 0 Å². The van der Waals surface area contributed by atoms with Crippen LogP contribution < -0.4 is 19.5 Å². The zero-order valence-electron chi connectivity index (χ0n) is 27.1. The van der Waals surface area contributed by atoms with Crippen molar-refractivity contribution < 1.29 is 27.8 Å². The number of carboxylic acids is 1. The molecule has 248 valence electrons. The number of anilines is 1. The molecule has 1 atom stereocenters. The van der Waals surface area contributed by atoms with Crippen LogP contribution in [-0.2, 0) is 16.6 Å². The van der Waals surface area contributed by atoms with Crippen molar-refractivity contribution in [2.45, 2.75) is 77.5 Å². The lowest BCUT2D eigenvalue weighted by molar-refractivity contribution is 0.0696. The largest absolute Gasteiger partial charge is 0.488 e. The SMILES string of the molecule is Cc1cccc(C)c1-c1cc(OC[C@@H](CC2(C)CC2)NCc2ncc(OC(C)C)cn2)nc(NS(=O)(=O)c2cccc(C(=O)O)c2)n1. The van der Waals surface area contributed by atoms with Crippen LogP contribution in [0.1, 0.15) is 67.3 Å². The molecule has 1 saturated carbocycles. The van der Waals surface area contributed by atoms with E-state index in [0.29, 0.717) is 23.8 Å². The molecule has 13 heteroatoms. The topological polar surface area (TPSA) is 166 Å². The van der Waals surface area contributed by atoms with Gasteiger partial charge in [0.2, 0.25) is 11.8 Å². The normalized spacial score (nSPS) is 14.4. The van der Waals surface area contributed by atoms with Crippen LogP contribution in [0.5, 0.6) is 11.6 Å². The van der Waals surface area contributed by atoms with Crippen molar-refractivity contribution in [2.24, 2.45) is 5.41 Å². The fourth-order valence-corrected chi connectivity index (χ4v) is 6.25. The monoisotopic (exact) mass is 660 g/mol. The molecule has 47 heavy (non-hydrogen) atoms. The second kappa shape index (κ2) is 14.0. The second-order valence-corrected chi connectivity index (χ2v) is 14.2. The van der Waals surface area contributed by atoms with Crippen molar-refractivity contribution in [3.8, 4) is 22.9 Å². The predicted molar refractivity (Wildman–Crippen MR) is 177 cm³/mol. The Bertz CT molecular complexity index is 1820. The molecule has 2 heterocycles. The van der Waals surface area contributed by atoms with Crippen molar-refractivity contribution in [3.05, 3.63) is 83.4 Å². The molecule has 0 saturated heterocycles. The quantitative estimate of drug-likeness (QED) is 0.146. The lowest BCUT2D eigenvalue weighted by atomic mass is 9.99. The Morgan fingerprint density at radius 1 is 1.02 bits per heavy atom. The number of carboxylic acid groups (broad SMARTS) is 1. The first-order chi connectivity index (χ1) is 22.3. The fourth-order valence-electron chi connectivity index (χ4n) is 5.26. The number of benzene rings is 2. The average Bonchev–Trinajstić information content (AvgIpc) is 3.75. The van der Waals surface area contributed by atoms with Crippen LogP contribution in [0.25, 0.3) is 11.3 Å². The van der Waals surface area contributed by atoms with E-state index in [9.17, 15) is 18.3 Å². The first-order valence-corrected chi connectivity index (χ1v) is 16.9. The van der Waals surface area contributed by atoms with Gasteiger partial charge in [-0.25, -0.2) is 32.9 Å². The molecule has 1 fully saturated rings. The van der Waals surface area contributed by atoms with Gasteiger partial charge in [-0.2, -0.15) is 4.98 Å². The highest BCUT2D eigenvalue weighted by atomic mass is 32.2. The van der Waals surface area contributed by atoms with E-state index in [0.717, 1.165) is 42.0 Å². The summed E-state index contributed by atoms with van der Waals surface area (Å²) in [5.74, 6) is -0.0166. The lowest BCUT2D eigenvalue weighted by Crippen LogP contribution is -2.36. The van der Waals surface area contributed by atoms with Crippen LogP contribution in [0, 0.1) is 19.3 Å². The summed E-state index contributed by atoms with van der Waals surface area (Å²) in [6, 6.07) is 12.5. The minimum absolute atomic E-state index is 0.0272. The van der Waals surface area contributed by atoms with Gasteiger partial charge in [-0.05, 0) is 81.7 Å². The van der Waals surface area contributed by atoms with Crippen LogP contribution in [0.3, 0.4) is 0 Å². The van der Waals surface area contributed by atoms with E-state index in [2.05, 4.69) is 36.9 Å². The van der Waals surface area contributed by atoms with Crippen LogP contribution >= 0.6 is 0 Å². The fraction of sp³-hybridized carbons (Fsp3) is 0.382. The first kappa shape index (κ1) is 33.7. The Morgan fingerprint density at radius 2 is 1.70 bits per heavy atom.